The Morgan fingerprint density at radius 3 is 2.66 bits per heavy atom. The number of benzene rings is 1. The number of methoxy groups -OCH3 is 2. The first kappa shape index (κ1) is 22.7. The van der Waals surface area contributed by atoms with E-state index in [4.69, 9.17) is 14.2 Å². The Balaban J connectivity index is 1.59. The van der Waals surface area contributed by atoms with Crippen molar-refractivity contribution in [2.75, 3.05) is 61.4 Å². The molecule has 14 heteroatoms. The van der Waals surface area contributed by atoms with Crippen LogP contribution in [0.4, 0.5) is 37.9 Å². The monoisotopic (exact) mass is 487 g/mol. The summed E-state index contributed by atoms with van der Waals surface area (Å²) in [6.45, 7) is 1.93. The van der Waals surface area contributed by atoms with Gasteiger partial charge in [0.05, 0.1) is 33.1 Å². The van der Waals surface area contributed by atoms with Crippen molar-refractivity contribution in [3.05, 3.63) is 36.4 Å². The van der Waals surface area contributed by atoms with Gasteiger partial charge in [-0.1, -0.05) is 6.07 Å². The fourth-order valence-corrected chi connectivity index (χ4v) is 3.83. The number of nitrogens with one attached hydrogen (secondary N) is 3. The van der Waals surface area contributed by atoms with Crippen molar-refractivity contribution in [2.45, 2.75) is 12.1 Å². The molecule has 4 heterocycles. The van der Waals surface area contributed by atoms with Crippen LogP contribution in [0.25, 0.3) is 0 Å². The standard InChI is InChI=1S/C21H23F2N9O3/c1-33-13-5-3-4-12-16(13)31-21(30-12,17(22)23)18-27-19(26-14-10-15(34-2)25-11-24-14)29-20(28-18)32-6-8-35-9-7-32/h3-5,10-11,17,30-31H,6-9H2,1-2H3,(H,24,25,26,27,28,29). The van der Waals surface area contributed by atoms with Crippen LogP contribution >= 0.6 is 0 Å². The average Bonchev–Trinajstić information content (AvgIpc) is 3.31. The van der Waals surface area contributed by atoms with Crippen LogP contribution in [-0.2, 0) is 10.4 Å². The predicted octanol–water partition coefficient (Wildman–Crippen LogP) is 2.21. The molecule has 12 nitrogen and oxygen atoms in total. The van der Waals surface area contributed by atoms with Crippen molar-refractivity contribution in [2.24, 2.45) is 0 Å². The molecule has 35 heavy (non-hydrogen) atoms. The number of nitrogens with zero attached hydrogens (tertiary/aromatic N) is 6. The van der Waals surface area contributed by atoms with E-state index in [1.165, 1.54) is 26.6 Å². The van der Waals surface area contributed by atoms with Crippen molar-refractivity contribution in [1.29, 1.82) is 0 Å². The second-order valence-corrected chi connectivity index (χ2v) is 7.69. The number of aromatic nitrogens is 5. The molecule has 0 radical (unpaired) electrons. The smallest absolute Gasteiger partial charge is 0.286 e. The third-order valence-electron chi connectivity index (χ3n) is 5.59. The average molecular weight is 487 g/mol. The number of para-hydroxylation sites is 1. The highest BCUT2D eigenvalue weighted by Crippen LogP contribution is 2.46. The normalized spacial score (nSPS) is 19.1. The Morgan fingerprint density at radius 2 is 1.91 bits per heavy atom. The number of morpholine rings is 1. The molecule has 3 N–H and O–H groups in total. The van der Waals surface area contributed by atoms with Gasteiger partial charge in [0, 0.05) is 19.2 Å². The summed E-state index contributed by atoms with van der Waals surface area (Å²) in [7, 11) is 2.94. The van der Waals surface area contributed by atoms with Crippen molar-refractivity contribution < 1.29 is 23.0 Å². The molecular weight excluding hydrogens is 464 g/mol. The summed E-state index contributed by atoms with van der Waals surface area (Å²) < 4.78 is 45.4. The third-order valence-corrected chi connectivity index (χ3v) is 5.59. The molecule has 0 spiro atoms. The van der Waals surface area contributed by atoms with Gasteiger partial charge in [0.2, 0.25) is 23.4 Å². The summed E-state index contributed by atoms with van der Waals surface area (Å²) in [5.74, 6) is 1.11. The first-order chi connectivity index (χ1) is 17.0. The summed E-state index contributed by atoms with van der Waals surface area (Å²) in [5, 5.41) is 8.68. The lowest BCUT2D eigenvalue weighted by atomic mass is 10.1. The Morgan fingerprint density at radius 1 is 1.09 bits per heavy atom. The molecule has 184 valence electrons. The fraction of sp³-hybridized carbons (Fsp3) is 0.381. The topological polar surface area (TPSA) is 131 Å². The highest BCUT2D eigenvalue weighted by molar-refractivity contribution is 5.82. The zero-order valence-corrected chi connectivity index (χ0v) is 19.0. The minimum Gasteiger partial charge on any atom is -0.495 e. The van der Waals surface area contributed by atoms with E-state index in [2.05, 4.69) is 40.9 Å². The van der Waals surface area contributed by atoms with E-state index in [9.17, 15) is 8.78 Å². The van der Waals surface area contributed by atoms with Gasteiger partial charge in [0.1, 0.15) is 23.6 Å². The van der Waals surface area contributed by atoms with Crippen molar-refractivity contribution in [1.82, 2.24) is 24.9 Å². The summed E-state index contributed by atoms with van der Waals surface area (Å²) in [6.07, 6.45) is -1.64. The molecule has 0 saturated carbocycles. The molecule has 1 atom stereocenters. The highest BCUT2D eigenvalue weighted by atomic mass is 19.3. The van der Waals surface area contributed by atoms with Crippen LogP contribution in [0, 0.1) is 0 Å². The molecular formula is C21H23F2N9O3. The lowest BCUT2D eigenvalue weighted by Crippen LogP contribution is -2.48. The van der Waals surface area contributed by atoms with Gasteiger partial charge in [-0.25, -0.2) is 18.7 Å². The maximum absolute atomic E-state index is 14.8. The first-order valence-corrected chi connectivity index (χ1v) is 10.8. The fourth-order valence-electron chi connectivity index (χ4n) is 3.83. The van der Waals surface area contributed by atoms with Crippen molar-refractivity contribution in [3.8, 4) is 11.6 Å². The molecule has 0 aliphatic carbocycles. The van der Waals surface area contributed by atoms with Crippen LogP contribution in [0.3, 0.4) is 0 Å². The summed E-state index contributed by atoms with van der Waals surface area (Å²) in [6, 6.07) is 6.59. The number of anilines is 5. The Labute approximate surface area is 199 Å². The van der Waals surface area contributed by atoms with E-state index >= 15 is 0 Å². The number of hydrogen-bond acceptors (Lipinski definition) is 12. The predicted molar refractivity (Wildman–Crippen MR) is 123 cm³/mol. The van der Waals surface area contributed by atoms with Crippen molar-refractivity contribution >= 4 is 29.1 Å². The van der Waals surface area contributed by atoms with Gasteiger partial charge in [0.15, 0.2) is 5.82 Å². The van der Waals surface area contributed by atoms with E-state index in [1.807, 2.05) is 4.90 Å². The minimum atomic E-state index is -2.94. The Bertz CT molecular complexity index is 1210. The number of hydrogen-bond donors (Lipinski definition) is 3. The zero-order valence-electron chi connectivity index (χ0n) is 19.0. The van der Waals surface area contributed by atoms with Crippen molar-refractivity contribution in [3.63, 3.8) is 0 Å². The minimum absolute atomic E-state index is 0.0313. The highest BCUT2D eigenvalue weighted by Gasteiger charge is 2.50. The molecule has 2 aliphatic rings. The van der Waals surface area contributed by atoms with Crippen LogP contribution in [0.2, 0.25) is 0 Å². The Kier molecular flexibility index (Phi) is 6.03. The van der Waals surface area contributed by atoms with Crippen LogP contribution in [0.5, 0.6) is 11.6 Å². The molecule has 5 rings (SSSR count). The number of halogens is 2. The van der Waals surface area contributed by atoms with Crippen LogP contribution in [0.1, 0.15) is 5.82 Å². The summed E-state index contributed by atoms with van der Waals surface area (Å²) >= 11 is 0. The van der Waals surface area contributed by atoms with E-state index in [0.29, 0.717) is 55.1 Å². The molecule has 1 aromatic carbocycles. The third kappa shape index (κ3) is 4.27. The zero-order chi connectivity index (χ0) is 24.4. The van der Waals surface area contributed by atoms with Crippen LogP contribution < -0.4 is 30.3 Å². The molecule has 1 saturated heterocycles. The van der Waals surface area contributed by atoms with Gasteiger partial charge in [0.25, 0.3) is 6.43 Å². The molecule has 0 amide bonds. The maximum atomic E-state index is 14.8. The van der Waals surface area contributed by atoms with Gasteiger partial charge in [-0.15, -0.1) is 0 Å². The van der Waals surface area contributed by atoms with Crippen LogP contribution in [0.15, 0.2) is 30.6 Å². The van der Waals surface area contributed by atoms with Gasteiger partial charge in [-0.2, -0.15) is 15.0 Å². The second kappa shape index (κ2) is 9.29. The Hall–Kier alpha value is -4.07. The summed E-state index contributed by atoms with van der Waals surface area (Å²) in [4.78, 5) is 23.2. The van der Waals surface area contributed by atoms with E-state index in [-0.39, 0.29) is 17.7 Å². The SMILES string of the molecule is COc1cc(Nc2nc(N3CCOCC3)nc(C3(C(F)F)Nc4cccc(OC)c4N3)n2)ncn1. The van der Waals surface area contributed by atoms with E-state index in [1.54, 1.807) is 18.2 Å². The molecule has 1 fully saturated rings. The molecule has 2 aromatic heterocycles. The van der Waals surface area contributed by atoms with Gasteiger partial charge in [-0.3, -0.25) is 0 Å². The maximum Gasteiger partial charge on any atom is 0.286 e. The lowest BCUT2D eigenvalue weighted by Gasteiger charge is -2.31. The number of alkyl halides is 2. The van der Waals surface area contributed by atoms with Gasteiger partial charge in [-0.05, 0) is 12.1 Å². The molecule has 1 unspecified atom stereocenters. The first-order valence-electron chi connectivity index (χ1n) is 10.8. The number of fused-ring (bicyclic) bond motifs is 1. The molecule has 0 bridgehead atoms. The van der Waals surface area contributed by atoms with Gasteiger partial charge < -0.3 is 35.1 Å². The quantitative estimate of drug-likeness (QED) is 0.451. The summed E-state index contributed by atoms with van der Waals surface area (Å²) in [5.41, 5.74) is -1.30. The second-order valence-electron chi connectivity index (χ2n) is 7.69. The largest absolute Gasteiger partial charge is 0.495 e. The number of rotatable bonds is 7. The molecule has 2 aliphatic heterocycles. The number of ether oxygens (including phenoxy) is 3. The van der Waals surface area contributed by atoms with E-state index < -0.39 is 12.1 Å². The van der Waals surface area contributed by atoms with E-state index in [0.717, 1.165) is 0 Å². The lowest BCUT2D eigenvalue weighted by molar-refractivity contribution is 0.0770. The molecule has 3 aromatic rings. The van der Waals surface area contributed by atoms with Crippen LogP contribution in [-0.4, -0.2) is 71.9 Å². The van der Waals surface area contributed by atoms with Gasteiger partial charge >= 0.3 is 0 Å².